The molecule has 0 saturated carbocycles. The highest BCUT2D eigenvalue weighted by atomic mass is 15.1. The molecule has 5 aromatic heterocycles. The van der Waals surface area contributed by atoms with Crippen LogP contribution in [0.15, 0.2) is 316 Å². The highest BCUT2D eigenvalue weighted by Crippen LogP contribution is 2.53. The van der Waals surface area contributed by atoms with Crippen molar-refractivity contribution in [2.75, 3.05) is 9.80 Å². The predicted octanol–water partition coefficient (Wildman–Crippen LogP) is 22.5. The van der Waals surface area contributed by atoms with Gasteiger partial charge in [-0.2, -0.15) is 0 Å². The number of para-hydroxylation sites is 2. The maximum Gasteiger partial charge on any atom is 0.137 e. The minimum atomic E-state index is -0.194. The van der Waals surface area contributed by atoms with Crippen molar-refractivity contribution in [1.29, 1.82) is 0 Å². The molecular formula is C88H64N8. The van der Waals surface area contributed by atoms with E-state index in [2.05, 4.69) is 313 Å². The Hall–Kier alpha value is -12.3. The van der Waals surface area contributed by atoms with Crippen molar-refractivity contribution in [1.82, 2.24) is 28.7 Å². The van der Waals surface area contributed by atoms with E-state index < -0.39 is 0 Å². The number of pyridine rings is 2. The summed E-state index contributed by atoms with van der Waals surface area (Å²) in [5, 5.41) is 0. The molecule has 0 amide bonds. The number of anilines is 6. The summed E-state index contributed by atoms with van der Waals surface area (Å²) in [4.78, 5) is 26.1. The highest BCUT2D eigenvalue weighted by molar-refractivity contribution is 5.98. The number of nitrogens with zero attached hydrogens (tertiary/aromatic N) is 8. The van der Waals surface area contributed by atoms with Crippen molar-refractivity contribution in [3.63, 3.8) is 0 Å². The van der Waals surface area contributed by atoms with Crippen LogP contribution < -0.4 is 9.80 Å². The molecule has 0 radical (unpaired) electrons. The summed E-state index contributed by atoms with van der Waals surface area (Å²) in [6.45, 7) is 9.45. The molecular weight excluding hydrogens is 1170 g/mol. The number of fused-ring (bicyclic) bond motifs is 9. The summed E-state index contributed by atoms with van der Waals surface area (Å²) < 4.78 is 4.12. The summed E-state index contributed by atoms with van der Waals surface area (Å²) in [7, 11) is 0. The van der Waals surface area contributed by atoms with E-state index in [9.17, 15) is 0 Å². The van der Waals surface area contributed by atoms with Crippen LogP contribution in [0.5, 0.6) is 0 Å². The first-order chi connectivity index (χ1) is 47.1. The molecule has 0 spiro atoms. The van der Waals surface area contributed by atoms with Crippen molar-refractivity contribution < 1.29 is 0 Å². The van der Waals surface area contributed by atoms with Gasteiger partial charge in [-0.3, -0.25) is 0 Å². The molecule has 2 aliphatic carbocycles. The second-order valence-corrected chi connectivity index (χ2v) is 26.4. The Kier molecular flexibility index (Phi) is 13.1. The third-order valence-corrected chi connectivity index (χ3v) is 20.0. The Morgan fingerprint density at radius 1 is 0.260 bits per heavy atom. The highest BCUT2D eigenvalue weighted by Gasteiger charge is 2.37. The topological polar surface area (TPSA) is 66.9 Å². The van der Waals surface area contributed by atoms with E-state index >= 15 is 0 Å². The molecule has 18 rings (SSSR count). The van der Waals surface area contributed by atoms with Crippen LogP contribution in [-0.2, 0) is 10.8 Å². The summed E-state index contributed by atoms with van der Waals surface area (Å²) in [5.74, 6) is 0. The fourth-order valence-corrected chi connectivity index (χ4v) is 15.0. The predicted molar refractivity (Wildman–Crippen MR) is 394 cm³/mol. The zero-order chi connectivity index (χ0) is 64.2. The van der Waals surface area contributed by atoms with E-state index in [1.54, 1.807) is 0 Å². The van der Waals surface area contributed by atoms with Gasteiger partial charge < -0.3 is 18.6 Å². The molecule has 2 aliphatic rings. The van der Waals surface area contributed by atoms with Gasteiger partial charge in [0, 0.05) is 92.0 Å². The van der Waals surface area contributed by atoms with Gasteiger partial charge in [0.1, 0.15) is 11.3 Å². The maximum absolute atomic E-state index is 5.83. The van der Waals surface area contributed by atoms with Gasteiger partial charge in [-0.15, -0.1) is 0 Å². The van der Waals surface area contributed by atoms with Crippen LogP contribution in [0, 0.1) is 0 Å². The van der Waals surface area contributed by atoms with Gasteiger partial charge in [0.15, 0.2) is 0 Å². The molecule has 0 atom stereocenters. The molecule has 16 aromatic rings. The summed E-state index contributed by atoms with van der Waals surface area (Å²) in [6.07, 6.45) is 8.24. The lowest BCUT2D eigenvalue weighted by atomic mass is 9.80. The molecule has 96 heavy (non-hydrogen) atoms. The Balaban J connectivity index is 0.794. The molecule has 0 bridgehead atoms. The van der Waals surface area contributed by atoms with Crippen LogP contribution in [0.25, 0.3) is 112 Å². The van der Waals surface area contributed by atoms with Gasteiger partial charge in [0.05, 0.1) is 33.8 Å². The SMILES string of the molecule is CC1(C)c2ccccc2-c2ccc(-c3cc4nc(-c5ccc(N(c6ccccc6)c6ccc(-c7cn8ccccc8n7)cc6)cc5)c(-c5ccc(N(c6ccccc6)c6ccc(-c7cn8ccccc8n7)cc6)cc5)nc4cc3-c3ccc4c(c3)C(C)(C)c3ccccc3-4)cc21. The second kappa shape index (κ2) is 22.2. The van der Waals surface area contributed by atoms with Crippen molar-refractivity contribution in [2.24, 2.45) is 0 Å². The molecule has 0 aliphatic heterocycles. The van der Waals surface area contributed by atoms with E-state index in [4.69, 9.17) is 19.9 Å². The molecule has 0 fully saturated rings. The average molecular weight is 1230 g/mol. The molecule has 0 saturated heterocycles. The summed E-state index contributed by atoms with van der Waals surface area (Å²) >= 11 is 0. The molecule has 0 unspecified atom stereocenters. The lowest BCUT2D eigenvalue weighted by molar-refractivity contribution is 0.660. The minimum Gasteiger partial charge on any atom is -0.311 e. The number of aromatic nitrogens is 6. The Labute approximate surface area is 558 Å². The van der Waals surface area contributed by atoms with Crippen LogP contribution in [0.4, 0.5) is 34.1 Å². The molecule has 11 aromatic carbocycles. The van der Waals surface area contributed by atoms with Crippen LogP contribution in [-0.4, -0.2) is 28.7 Å². The zero-order valence-electron chi connectivity index (χ0n) is 53.6. The van der Waals surface area contributed by atoms with Gasteiger partial charge >= 0.3 is 0 Å². The normalized spacial score (nSPS) is 13.2. The maximum atomic E-state index is 5.83. The number of hydrogen-bond acceptors (Lipinski definition) is 6. The van der Waals surface area contributed by atoms with Gasteiger partial charge in [-0.25, -0.2) is 19.9 Å². The average Bonchev–Trinajstić information content (AvgIpc) is 1.62. The monoisotopic (exact) mass is 1230 g/mol. The number of benzene rings is 11. The van der Waals surface area contributed by atoms with Gasteiger partial charge in [-0.1, -0.05) is 198 Å². The first kappa shape index (κ1) is 56.5. The molecule has 0 N–H and O–H groups in total. The second-order valence-electron chi connectivity index (χ2n) is 26.4. The smallest absolute Gasteiger partial charge is 0.137 e. The number of rotatable bonds is 12. The lowest BCUT2D eigenvalue weighted by Crippen LogP contribution is -2.15. The number of imidazole rings is 2. The van der Waals surface area contributed by atoms with Gasteiger partial charge in [0.2, 0.25) is 0 Å². The molecule has 8 heteroatoms. The van der Waals surface area contributed by atoms with Crippen LogP contribution in [0.3, 0.4) is 0 Å². The van der Waals surface area contributed by atoms with E-state index in [1.807, 2.05) is 48.8 Å². The third kappa shape index (κ3) is 9.43. The van der Waals surface area contributed by atoms with E-state index in [0.29, 0.717) is 0 Å². The van der Waals surface area contributed by atoms with E-state index in [0.717, 1.165) is 124 Å². The molecule has 8 nitrogen and oxygen atoms in total. The van der Waals surface area contributed by atoms with Gasteiger partial charge in [0.25, 0.3) is 0 Å². The van der Waals surface area contributed by atoms with Crippen molar-refractivity contribution in [3.8, 4) is 89.5 Å². The first-order valence-corrected chi connectivity index (χ1v) is 32.9. The number of hydrogen-bond donors (Lipinski definition) is 0. The van der Waals surface area contributed by atoms with Crippen LogP contribution in [0.1, 0.15) is 49.9 Å². The van der Waals surface area contributed by atoms with Gasteiger partial charge in [-0.05, 0) is 188 Å². The molecule has 456 valence electrons. The zero-order valence-corrected chi connectivity index (χ0v) is 53.6. The Morgan fingerprint density at radius 2 is 0.583 bits per heavy atom. The summed E-state index contributed by atoms with van der Waals surface area (Å²) in [6, 6.07) is 105. The fourth-order valence-electron chi connectivity index (χ4n) is 15.0. The third-order valence-electron chi connectivity index (χ3n) is 20.0. The minimum absolute atomic E-state index is 0.194. The standard InChI is InChI=1S/C88H64N8/c1-87(2)75-25-13-11-23-69(75)71-47-37-61(51-77(71)87)73-53-79-80(54-74(73)62-38-48-72-70-24-12-14-26-76(70)88(3,4)78(72)52-62)92-86(60-35-45-68(46-36-60)96(64-21-9-6-10-22-64)66-41-31-58(32-42-66)82-56-94-50-18-16-28-84(94)90-82)85(91-79)59-33-43-67(44-34-59)95(63-19-7-5-8-20-63)65-39-29-57(30-40-65)81-55-93-49-17-15-27-83(93)89-81/h5-56H,1-4H3. The fraction of sp³-hybridized carbons (Fsp3) is 0.0682. The Bertz CT molecular complexity index is 5270. The van der Waals surface area contributed by atoms with E-state index in [1.165, 1.54) is 44.5 Å². The van der Waals surface area contributed by atoms with Crippen molar-refractivity contribution in [2.45, 2.75) is 38.5 Å². The van der Waals surface area contributed by atoms with E-state index in [-0.39, 0.29) is 10.8 Å². The lowest BCUT2D eigenvalue weighted by Gasteiger charge is -2.26. The Morgan fingerprint density at radius 3 is 0.969 bits per heavy atom. The quantitative estimate of drug-likeness (QED) is 0.121. The molecule has 5 heterocycles. The van der Waals surface area contributed by atoms with Crippen LogP contribution >= 0.6 is 0 Å². The van der Waals surface area contributed by atoms with Crippen molar-refractivity contribution >= 4 is 56.5 Å². The first-order valence-electron chi connectivity index (χ1n) is 32.9. The summed E-state index contributed by atoms with van der Waals surface area (Å²) in [5.41, 5.74) is 31.6. The largest absolute Gasteiger partial charge is 0.311 e. The van der Waals surface area contributed by atoms with Crippen molar-refractivity contribution in [3.05, 3.63) is 338 Å². The van der Waals surface area contributed by atoms with Crippen LogP contribution in [0.2, 0.25) is 0 Å².